The first-order chi connectivity index (χ1) is 15.1. The van der Waals surface area contributed by atoms with Gasteiger partial charge in [-0.1, -0.05) is 53.9 Å². The van der Waals surface area contributed by atoms with Crippen molar-refractivity contribution >= 4 is 40.9 Å². The fraction of sp³-hybridized carbons (Fsp3) is 0.409. The van der Waals surface area contributed by atoms with Gasteiger partial charge in [0.2, 0.25) is 0 Å². The average Bonchev–Trinajstić information content (AvgIpc) is 3.52. The average molecular weight is 479 g/mol. The molecule has 0 saturated heterocycles. The number of aromatic nitrogens is 3. The monoisotopic (exact) mass is 478 g/mol. The largest absolute Gasteiger partial charge is 0.451 e. The van der Waals surface area contributed by atoms with Gasteiger partial charge in [0.15, 0.2) is 10.9 Å². The fourth-order valence-corrected chi connectivity index (χ4v) is 4.95. The van der Waals surface area contributed by atoms with E-state index in [1.807, 2.05) is 6.26 Å². The van der Waals surface area contributed by atoms with Crippen molar-refractivity contribution < 1.29 is 9.21 Å². The Morgan fingerprint density at radius 3 is 2.81 bits per heavy atom. The van der Waals surface area contributed by atoms with E-state index in [9.17, 15) is 4.79 Å². The van der Waals surface area contributed by atoms with Crippen molar-refractivity contribution in [3.63, 3.8) is 0 Å². The second-order valence-electron chi connectivity index (χ2n) is 7.54. The summed E-state index contributed by atoms with van der Waals surface area (Å²) in [6.45, 7) is 0.527. The molecule has 0 spiro atoms. The number of rotatable bonds is 8. The van der Waals surface area contributed by atoms with Crippen molar-refractivity contribution in [2.45, 2.75) is 49.7 Å². The van der Waals surface area contributed by atoms with Gasteiger partial charge >= 0.3 is 0 Å². The molecule has 0 aliphatic heterocycles. The lowest BCUT2D eigenvalue weighted by molar-refractivity contribution is 0.0926. The molecular formula is C22H24Cl2N4O2S. The van der Waals surface area contributed by atoms with Gasteiger partial charge in [-0.25, -0.2) is 0 Å². The van der Waals surface area contributed by atoms with E-state index >= 15 is 0 Å². The number of hydrogen-bond acceptors (Lipinski definition) is 5. The molecule has 0 bridgehead atoms. The van der Waals surface area contributed by atoms with Gasteiger partial charge in [-0.2, -0.15) is 0 Å². The van der Waals surface area contributed by atoms with Crippen LogP contribution in [0, 0.1) is 0 Å². The minimum Gasteiger partial charge on any atom is -0.451 e. The van der Waals surface area contributed by atoms with Crippen LogP contribution in [0.25, 0.3) is 11.3 Å². The molecule has 31 heavy (non-hydrogen) atoms. The number of nitrogens with zero attached hydrogens (tertiary/aromatic N) is 3. The van der Waals surface area contributed by atoms with Gasteiger partial charge < -0.3 is 14.3 Å². The smallest absolute Gasteiger partial charge is 0.287 e. The highest BCUT2D eigenvalue weighted by Crippen LogP contribution is 2.35. The lowest BCUT2D eigenvalue weighted by Gasteiger charge is -2.16. The third-order valence-electron chi connectivity index (χ3n) is 5.52. The molecule has 1 aliphatic carbocycles. The first kappa shape index (κ1) is 22.2. The van der Waals surface area contributed by atoms with Gasteiger partial charge in [0, 0.05) is 24.6 Å². The predicted octanol–water partition coefficient (Wildman–Crippen LogP) is 6.04. The Labute approximate surface area is 195 Å². The van der Waals surface area contributed by atoms with Crippen LogP contribution in [0.2, 0.25) is 10.0 Å². The Kier molecular flexibility index (Phi) is 7.25. The highest BCUT2D eigenvalue weighted by molar-refractivity contribution is 7.98. The molecule has 164 valence electrons. The van der Waals surface area contributed by atoms with Crippen LogP contribution < -0.4 is 5.32 Å². The third kappa shape index (κ3) is 4.94. The Morgan fingerprint density at radius 1 is 1.23 bits per heavy atom. The van der Waals surface area contributed by atoms with Gasteiger partial charge in [-0.15, -0.1) is 10.2 Å². The number of hydrogen-bond donors (Lipinski definition) is 1. The predicted molar refractivity (Wildman–Crippen MR) is 124 cm³/mol. The molecule has 1 amide bonds. The number of amides is 1. The van der Waals surface area contributed by atoms with E-state index in [-0.39, 0.29) is 11.7 Å². The normalized spacial score (nSPS) is 14.3. The maximum atomic E-state index is 12.5. The number of benzene rings is 1. The molecule has 4 rings (SSSR count). The van der Waals surface area contributed by atoms with E-state index in [1.165, 1.54) is 25.7 Å². The molecule has 1 N–H and O–H groups in total. The summed E-state index contributed by atoms with van der Waals surface area (Å²) in [7, 11) is 0. The van der Waals surface area contributed by atoms with Gasteiger partial charge in [0.05, 0.1) is 10.0 Å². The summed E-state index contributed by atoms with van der Waals surface area (Å²) in [5, 5.41) is 13.5. The molecule has 1 saturated carbocycles. The quantitative estimate of drug-likeness (QED) is 0.315. The summed E-state index contributed by atoms with van der Waals surface area (Å²) >= 11 is 13.9. The van der Waals surface area contributed by atoms with E-state index in [4.69, 9.17) is 27.6 Å². The molecule has 2 heterocycles. The molecule has 1 aliphatic rings. The van der Waals surface area contributed by atoms with Gasteiger partial charge in [-0.3, -0.25) is 4.79 Å². The number of carbonyl (C=O) groups is 1. The van der Waals surface area contributed by atoms with Crippen LogP contribution in [-0.2, 0) is 6.42 Å². The zero-order chi connectivity index (χ0) is 21.8. The maximum absolute atomic E-state index is 12.5. The molecule has 9 heteroatoms. The maximum Gasteiger partial charge on any atom is 0.287 e. The summed E-state index contributed by atoms with van der Waals surface area (Å²) in [5.41, 5.74) is 0.657. The fourth-order valence-electron chi connectivity index (χ4n) is 3.98. The van der Waals surface area contributed by atoms with E-state index in [0.29, 0.717) is 34.0 Å². The van der Waals surface area contributed by atoms with Crippen LogP contribution in [-0.4, -0.2) is 33.5 Å². The Hall–Kier alpha value is -1.96. The summed E-state index contributed by atoms with van der Waals surface area (Å²) in [6, 6.07) is 9.17. The number of halogens is 2. The second kappa shape index (κ2) is 10.1. The minimum atomic E-state index is -0.258. The molecule has 0 unspecified atom stereocenters. The number of aryl methyl sites for hydroxylation is 1. The molecular weight excluding hydrogens is 455 g/mol. The first-order valence-corrected chi connectivity index (χ1v) is 12.4. The lowest BCUT2D eigenvalue weighted by Crippen LogP contribution is -2.24. The van der Waals surface area contributed by atoms with Gasteiger partial charge in [0.25, 0.3) is 5.91 Å². The second-order valence-corrected chi connectivity index (χ2v) is 9.09. The molecule has 3 aromatic rings. The van der Waals surface area contributed by atoms with E-state index in [0.717, 1.165) is 23.8 Å². The summed E-state index contributed by atoms with van der Waals surface area (Å²) < 4.78 is 8.00. The Bertz CT molecular complexity index is 1060. The van der Waals surface area contributed by atoms with Crippen LogP contribution in [0.3, 0.4) is 0 Å². The van der Waals surface area contributed by atoms with Gasteiger partial charge in [0.1, 0.15) is 11.6 Å². The van der Waals surface area contributed by atoms with Crippen molar-refractivity contribution in [3.05, 3.63) is 52.0 Å². The number of furan rings is 1. The molecule has 1 fully saturated rings. The highest BCUT2D eigenvalue weighted by Gasteiger charge is 2.23. The number of thioether (sulfide) groups is 1. The topological polar surface area (TPSA) is 73.0 Å². The number of carbonyl (C=O) groups excluding carboxylic acids is 1. The Morgan fingerprint density at radius 2 is 2.03 bits per heavy atom. The van der Waals surface area contributed by atoms with E-state index in [2.05, 4.69) is 20.1 Å². The third-order valence-corrected chi connectivity index (χ3v) is 6.98. The lowest BCUT2D eigenvalue weighted by atomic mass is 10.2. The van der Waals surface area contributed by atoms with Crippen molar-refractivity contribution in [2.24, 2.45) is 0 Å². The van der Waals surface area contributed by atoms with Crippen LogP contribution in [0.5, 0.6) is 0 Å². The van der Waals surface area contributed by atoms with E-state index in [1.54, 1.807) is 42.1 Å². The van der Waals surface area contributed by atoms with Crippen LogP contribution in [0.4, 0.5) is 0 Å². The van der Waals surface area contributed by atoms with Crippen LogP contribution in [0.1, 0.15) is 54.5 Å². The zero-order valence-electron chi connectivity index (χ0n) is 17.2. The van der Waals surface area contributed by atoms with E-state index < -0.39 is 0 Å². The Balaban J connectivity index is 1.33. The minimum absolute atomic E-state index is 0.241. The van der Waals surface area contributed by atoms with Crippen LogP contribution >= 0.6 is 35.0 Å². The summed E-state index contributed by atoms with van der Waals surface area (Å²) in [5.74, 6) is 1.49. The van der Waals surface area contributed by atoms with Crippen molar-refractivity contribution in [1.29, 1.82) is 0 Å². The molecule has 6 nitrogen and oxygen atoms in total. The highest BCUT2D eigenvalue weighted by atomic mass is 35.5. The molecule has 0 radical (unpaired) electrons. The molecule has 2 aromatic heterocycles. The van der Waals surface area contributed by atoms with Gasteiger partial charge in [-0.05, 0) is 49.8 Å². The molecule has 0 atom stereocenters. The standard InChI is InChI=1S/C22H24Cl2N4O2S/c1-31-22-27-26-19(28(22)14-6-2-3-7-14)10-5-13-25-21(29)18-12-11-17(30-18)15-8-4-9-16(23)20(15)24/h4,8-9,11-12,14H,2-3,5-7,10,13H2,1H3,(H,25,29). The summed E-state index contributed by atoms with van der Waals surface area (Å²) in [4.78, 5) is 12.5. The SMILES string of the molecule is CSc1nnc(CCCNC(=O)c2ccc(-c3cccc(Cl)c3Cl)o2)n1C1CCCC1. The molecule has 1 aromatic carbocycles. The zero-order valence-corrected chi connectivity index (χ0v) is 19.6. The first-order valence-electron chi connectivity index (χ1n) is 10.4. The van der Waals surface area contributed by atoms with Crippen LogP contribution in [0.15, 0.2) is 39.9 Å². The summed E-state index contributed by atoms with van der Waals surface area (Å²) in [6.07, 6.45) is 8.48. The van der Waals surface area contributed by atoms with Crippen molar-refractivity contribution in [2.75, 3.05) is 12.8 Å². The van der Waals surface area contributed by atoms with Crippen molar-refractivity contribution in [3.8, 4) is 11.3 Å². The van der Waals surface area contributed by atoms with Crippen molar-refractivity contribution in [1.82, 2.24) is 20.1 Å². The number of nitrogens with one attached hydrogen (secondary N) is 1.